The van der Waals surface area contributed by atoms with E-state index in [1.165, 1.54) is 32.1 Å². The summed E-state index contributed by atoms with van der Waals surface area (Å²) >= 11 is 12.3. The predicted molar refractivity (Wildman–Crippen MR) is 74.4 cm³/mol. The van der Waals surface area contributed by atoms with Crippen molar-refractivity contribution >= 4 is 28.9 Å². The van der Waals surface area contributed by atoms with Crippen LogP contribution in [-0.4, -0.2) is 6.04 Å². The first-order valence-corrected chi connectivity index (χ1v) is 6.87. The Labute approximate surface area is 118 Å². The molecule has 1 aromatic carbocycles. The molecule has 5 heteroatoms. The molecule has 1 fully saturated rings. The van der Waals surface area contributed by atoms with Gasteiger partial charge < -0.3 is 5.32 Å². The Morgan fingerprint density at radius 1 is 1.11 bits per heavy atom. The molecule has 2 N–H and O–H groups in total. The van der Waals surface area contributed by atoms with Gasteiger partial charge in [0.15, 0.2) is 0 Å². The Hall–Kier alpha value is -0.980. The van der Waals surface area contributed by atoms with E-state index in [0.29, 0.717) is 6.04 Å². The molecule has 0 amide bonds. The molecule has 1 aromatic rings. The average molecular weight is 287 g/mol. The molecule has 0 saturated heterocycles. The number of rotatable bonds is 2. The van der Waals surface area contributed by atoms with Crippen molar-refractivity contribution in [2.24, 2.45) is 0 Å². The van der Waals surface area contributed by atoms with E-state index in [0.717, 1.165) is 21.3 Å². The highest BCUT2D eigenvalue weighted by molar-refractivity contribution is 6.35. The molecule has 0 unspecified atom stereocenters. The molecule has 0 spiro atoms. The molecule has 0 aromatic heterocycles. The van der Waals surface area contributed by atoms with Crippen LogP contribution in [0, 0.1) is 12.3 Å². The molecule has 0 atom stereocenters. The van der Waals surface area contributed by atoms with Crippen LogP contribution >= 0.6 is 23.2 Å². The van der Waals surface area contributed by atoms with E-state index in [1.807, 2.05) is 19.1 Å². The first-order valence-electron chi connectivity index (χ1n) is 6.11. The van der Waals surface area contributed by atoms with Crippen molar-refractivity contribution in [2.45, 2.75) is 45.1 Å². The van der Waals surface area contributed by atoms with Gasteiger partial charge in [0, 0.05) is 11.1 Å². The van der Waals surface area contributed by atoms with Gasteiger partial charge in [-0.2, -0.15) is 0 Å². The van der Waals surface area contributed by atoms with Crippen LogP contribution in [-0.2, 0) is 0 Å². The molecular weight excluding hydrogens is 269 g/mol. The van der Waals surface area contributed by atoms with Crippen LogP contribution < -0.4 is 10.7 Å². The van der Waals surface area contributed by atoms with Crippen molar-refractivity contribution < 1.29 is 5.39 Å². The average Bonchev–Trinajstić information content (AvgIpc) is 2.39. The Kier molecular flexibility index (Phi) is 6.24. The zero-order chi connectivity index (χ0) is 13.5. The van der Waals surface area contributed by atoms with Crippen LogP contribution in [0.2, 0.25) is 10.0 Å². The van der Waals surface area contributed by atoms with Crippen molar-refractivity contribution in [1.29, 1.82) is 5.39 Å². The second-order valence-corrected chi connectivity index (χ2v) is 5.37. The fourth-order valence-corrected chi connectivity index (χ4v) is 2.66. The summed E-state index contributed by atoms with van der Waals surface area (Å²) in [5, 5.41) is 16.1. The number of nitrogens with one attached hydrogen (secondary N) is 2. The van der Waals surface area contributed by atoms with Crippen LogP contribution in [0.25, 0.3) is 0 Å². The predicted octanol–water partition coefficient (Wildman–Crippen LogP) is 3.33. The number of hydrogen-bond acceptors (Lipinski definition) is 2. The Morgan fingerprint density at radius 2 is 1.72 bits per heavy atom. The molecule has 3 nitrogen and oxygen atoms in total. The normalized spacial score (nSPS) is 15.6. The fourth-order valence-electron chi connectivity index (χ4n) is 2.22. The highest BCUT2D eigenvalue weighted by Crippen LogP contribution is 2.31. The number of nitrogens with zero attached hydrogens (tertiary/aromatic N) is 1. The minimum Gasteiger partial charge on any atom is -0.381 e. The first kappa shape index (κ1) is 15.1. The minimum atomic E-state index is 0.560. The van der Waals surface area contributed by atoms with Gasteiger partial charge in [-0.15, -0.1) is 0 Å². The van der Waals surface area contributed by atoms with Crippen molar-refractivity contribution in [1.82, 2.24) is 0 Å². The summed E-state index contributed by atoms with van der Waals surface area (Å²) in [4.78, 5) is 0. The highest BCUT2D eigenvalue weighted by Gasteiger charge is 2.14. The molecule has 18 heavy (non-hydrogen) atoms. The minimum absolute atomic E-state index is 0.560. The van der Waals surface area contributed by atoms with Gasteiger partial charge in [0.25, 0.3) is 0 Å². The van der Waals surface area contributed by atoms with Crippen LogP contribution in [0.15, 0.2) is 12.1 Å². The second-order valence-electron chi connectivity index (χ2n) is 4.56. The Balaban J connectivity index is 0.000000771. The van der Waals surface area contributed by atoms with Crippen LogP contribution in [0.4, 0.5) is 5.69 Å². The lowest BCUT2D eigenvalue weighted by atomic mass is 9.95. The third kappa shape index (κ3) is 4.04. The van der Waals surface area contributed by atoms with Gasteiger partial charge >= 0.3 is 0 Å². The number of hydrogen-bond donors (Lipinski definition) is 2. The molecule has 1 saturated carbocycles. The van der Waals surface area contributed by atoms with E-state index in [4.69, 9.17) is 34.0 Å². The third-order valence-corrected chi connectivity index (χ3v) is 3.93. The summed E-state index contributed by atoms with van der Waals surface area (Å²) in [6, 6.07) is 4.42. The van der Waals surface area contributed by atoms with E-state index in [-0.39, 0.29) is 0 Å². The molecule has 2 rings (SSSR count). The maximum absolute atomic E-state index is 6.25. The van der Waals surface area contributed by atoms with E-state index >= 15 is 0 Å². The highest BCUT2D eigenvalue weighted by atomic mass is 35.5. The van der Waals surface area contributed by atoms with Gasteiger partial charge in [-0.25, -0.2) is 0 Å². The topological polar surface area (TPSA) is 59.6 Å². The summed E-state index contributed by atoms with van der Waals surface area (Å²) < 4.78 is 0. The second kappa shape index (κ2) is 7.45. The lowest BCUT2D eigenvalue weighted by molar-refractivity contribution is -0.175. The number of aryl methyl sites for hydroxylation is 1. The SMILES string of the molecule is Cc1cc(Cl)c(NC2CCCCC2)cc1Cl.N#[NH+]. The summed E-state index contributed by atoms with van der Waals surface area (Å²) in [6.07, 6.45) is 6.47. The fraction of sp³-hybridized carbons (Fsp3) is 0.538. The number of anilines is 1. The first-order chi connectivity index (χ1) is 8.66. The molecular formula is C13H18Cl2N3+. The standard InChI is InChI=1S/C13H17Cl2N.N2/c1-9-7-12(15)13(8-11(9)14)16-10-5-3-2-4-6-10;1-2/h7-8,10,16H,2-6H2,1H3;/p+1. The molecule has 98 valence electrons. The smallest absolute Gasteiger partial charge is 0.212 e. The van der Waals surface area contributed by atoms with E-state index < -0.39 is 0 Å². The van der Waals surface area contributed by atoms with Crippen LogP contribution in [0.5, 0.6) is 0 Å². The number of benzene rings is 1. The quantitative estimate of drug-likeness (QED) is 0.820. The van der Waals surface area contributed by atoms with Crippen molar-refractivity contribution in [3.05, 3.63) is 27.7 Å². The van der Waals surface area contributed by atoms with Gasteiger partial charge in [0.05, 0.1) is 16.1 Å². The van der Waals surface area contributed by atoms with Gasteiger partial charge in [-0.05, 0) is 37.5 Å². The molecule has 1 aliphatic carbocycles. The largest absolute Gasteiger partial charge is 0.381 e. The molecule has 0 bridgehead atoms. The zero-order valence-electron chi connectivity index (χ0n) is 10.5. The Bertz CT molecular complexity index is 412. The van der Waals surface area contributed by atoms with Crippen LogP contribution in [0.1, 0.15) is 37.7 Å². The zero-order valence-corrected chi connectivity index (χ0v) is 12.0. The van der Waals surface area contributed by atoms with Gasteiger partial charge in [-0.3, -0.25) is 0 Å². The maximum Gasteiger partial charge on any atom is 0.212 e. The molecule has 1 aliphatic rings. The summed E-state index contributed by atoms with van der Waals surface area (Å²) in [7, 11) is 0. The van der Waals surface area contributed by atoms with Gasteiger partial charge in [-0.1, -0.05) is 42.5 Å². The monoisotopic (exact) mass is 286 g/mol. The molecule has 0 radical (unpaired) electrons. The molecule has 0 heterocycles. The molecule has 0 aliphatic heterocycles. The van der Waals surface area contributed by atoms with Crippen LogP contribution in [0.3, 0.4) is 0 Å². The van der Waals surface area contributed by atoms with Crippen molar-refractivity contribution in [2.75, 3.05) is 5.32 Å². The summed E-state index contributed by atoms with van der Waals surface area (Å²) in [5.41, 5.74) is 2.00. The summed E-state index contributed by atoms with van der Waals surface area (Å²) in [5.74, 6) is 0. The number of diazo groups is 1. The van der Waals surface area contributed by atoms with E-state index in [1.54, 1.807) is 0 Å². The van der Waals surface area contributed by atoms with Crippen molar-refractivity contribution in [3.8, 4) is 0 Å². The van der Waals surface area contributed by atoms with Gasteiger partial charge in [0.2, 0.25) is 5.39 Å². The lowest BCUT2D eigenvalue weighted by Gasteiger charge is -2.24. The summed E-state index contributed by atoms with van der Waals surface area (Å²) in [6.45, 7) is 1.97. The van der Waals surface area contributed by atoms with Gasteiger partial charge in [0.1, 0.15) is 0 Å². The maximum atomic E-state index is 6.25. The Morgan fingerprint density at radius 3 is 2.33 bits per heavy atom. The van der Waals surface area contributed by atoms with E-state index in [9.17, 15) is 0 Å². The van der Waals surface area contributed by atoms with E-state index in [2.05, 4.69) is 5.32 Å². The lowest BCUT2D eigenvalue weighted by Crippen LogP contribution is -2.22. The number of halogens is 2. The third-order valence-electron chi connectivity index (χ3n) is 3.21. The van der Waals surface area contributed by atoms with Crippen molar-refractivity contribution in [3.63, 3.8) is 0 Å².